The minimum atomic E-state index is -0.384. The molecule has 92 valence electrons. The van der Waals surface area contributed by atoms with E-state index in [1.165, 1.54) is 0 Å². The van der Waals surface area contributed by atoms with Crippen molar-refractivity contribution in [2.24, 2.45) is 11.7 Å². The second kappa shape index (κ2) is 5.48. The van der Waals surface area contributed by atoms with Gasteiger partial charge in [0.15, 0.2) is 0 Å². The smallest absolute Gasteiger partial charge is 0.223 e. The predicted octanol–water partition coefficient (Wildman–Crippen LogP) is 1.62. The number of hydrogen-bond donors (Lipinski definition) is 1. The molecule has 0 fully saturated rings. The molecule has 2 N–H and O–H groups in total. The maximum atomic E-state index is 10.9. The number of carbonyl (C=O) groups excluding carboxylic acids is 2. The maximum absolute atomic E-state index is 10.9. The zero-order valence-corrected chi connectivity index (χ0v) is 10.3. The van der Waals surface area contributed by atoms with Crippen LogP contribution in [-0.4, -0.2) is 18.8 Å². The molecule has 1 aromatic carbocycles. The van der Waals surface area contributed by atoms with E-state index in [1.54, 1.807) is 19.1 Å². The van der Waals surface area contributed by atoms with Crippen LogP contribution in [0.3, 0.4) is 0 Å². The fraction of sp³-hybridized carbons (Fsp3) is 0.385. The minimum Gasteiger partial charge on any atom is -0.492 e. The van der Waals surface area contributed by atoms with Gasteiger partial charge >= 0.3 is 0 Å². The molecule has 1 atom stereocenters. The lowest BCUT2D eigenvalue weighted by atomic mass is 10.1. The molecule has 0 aromatic heterocycles. The van der Waals surface area contributed by atoms with Gasteiger partial charge in [-0.25, -0.2) is 0 Å². The largest absolute Gasteiger partial charge is 0.492 e. The molecule has 0 aliphatic carbocycles. The van der Waals surface area contributed by atoms with E-state index in [0.717, 1.165) is 17.4 Å². The van der Waals surface area contributed by atoms with E-state index in [0.29, 0.717) is 11.3 Å². The van der Waals surface area contributed by atoms with Crippen molar-refractivity contribution in [2.45, 2.75) is 20.8 Å². The van der Waals surface area contributed by atoms with Gasteiger partial charge < -0.3 is 10.5 Å². The van der Waals surface area contributed by atoms with E-state index in [-0.39, 0.29) is 18.4 Å². The summed E-state index contributed by atoms with van der Waals surface area (Å²) in [4.78, 5) is 21.6. The summed E-state index contributed by atoms with van der Waals surface area (Å²) in [5, 5.41) is 0. The first-order valence-corrected chi connectivity index (χ1v) is 5.44. The first-order chi connectivity index (χ1) is 7.95. The van der Waals surface area contributed by atoms with Gasteiger partial charge in [0.1, 0.15) is 12.0 Å². The normalized spacial score (nSPS) is 11.9. The third-order valence-electron chi connectivity index (χ3n) is 2.58. The third-order valence-corrected chi connectivity index (χ3v) is 2.58. The van der Waals surface area contributed by atoms with Crippen LogP contribution in [0.25, 0.3) is 0 Å². The summed E-state index contributed by atoms with van der Waals surface area (Å²) in [5.74, 6) is -0.00642. The van der Waals surface area contributed by atoms with Crippen LogP contribution >= 0.6 is 0 Å². The molecule has 0 spiro atoms. The highest BCUT2D eigenvalue weighted by atomic mass is 16.5. The average molecular weight is 235 g/mol. The van der Waals surface area contributed by atoms with Gasteiger partial charge in [0, 0.05) is 5.56 Å². The number of aryl methyl sites for hydroxylation is 2. The number of rotatable bonds is 5. The molecule has 4 nitrogen and oxygen atoms in total. The molecule has 1 rings (SSSR count). The molecule has 0 saturated carbocycles. The van der Waals surface area contributed by atoms with E-state index >= 15 is 0 Å². The van der Waals surface area contributed by atoms with Crippen LogP contribution in [-0.2, 0) is 4.79 Å². The van der Waals surface area contributed by atoms with Crippen molar-refractivity contribution in [3.8, 4) is 5.75 Å². The van der Waals surface area contributed by atoms with Crippen molar-refractivity contribution >= 4 is 12.2 Å². The van der Waals surface area contributed by atoms with Crippen LogP contribution in [0.1, 0.15) is 28.4 Å². The van der Waals surface area contributed by atoms with Gasteiger partial charge in [-0.1, -0.05) is 6.92 Å². The van der Waals surface area contributed by atoms with Crippen molar-refractivity contribution in [1.82, 2.24) is 0 Å². The van der Waals surface area contributed by atoms with Gasteiger partial charge in [0.2, 0.25) is 5.91 Å². The fourth-order valence-electron chi connectivity index (χ4n) is 1.57. The molecule has 17 heavy (non-hydrogen) atoms. The SMILES string of the molecule is Cc1cc(C=O)cc(C)c1OCC(C)C(N)=O. The lowest BCUT2D eigenvalue weighted by Gasteiger charge is -2.14. The molecular weight excluding hydrogens is 218 g/mol. The number of hydrogen-bond acceptors (Lipinski definition) is 3. The molecule has 0 saturated heterocycles. The van der Waals surface area contributed by atoms with Crippen LogP contribution in [0, 0.1) is 19.8 Å². The van der Waals surface area contributed by atoms with Crippen molar-refractivity contribution in [3.63, 3.8) is 0 Å². The first-order valence-electron chi connectivity index (χ1n) is 5.44. The molecular formula is C13H17NO3. The number of nitrogens with two attached hydrogens (primary N) is 1. The molecule has 1 amide bonds. The first kappa shape index (κ1) is 13.2. The average Bonchev–Trinajstić information content (AvgIpc) is 2.27. The monoisotopic (exact) mass is 235 g/mol. The van der Waals surface area contributed by atoms with Crippen molar-refractivity contribution in [1.29, 1.82) is 0 Å². The summed E-state index contributed by atoms with van der Waals surface area (Å²) >= 11 is 0. The van der Waals surface area contributed by atoms with E-state index in [4.69, 9.17) is 10.5 Å². The third kappa shape index (κ3) is 3.31. The predicted molar refractivity (Wildman–Crippen MR) is 65.2 cm³/mol. The Bertz CT molecular complexity index is 417. The highest BCUT2D eigenvalue weighted by Crippen LogP contribution is 2.24. The van der Waals surface area contributed by atoms with Gasteiger partial charge in [0.05, 0.1) is 12.5 Å². The molecule has 4 heteroatoms. The van der Waals surface area contributed by atoms with Gasteiger partial charge in [-0.3, -0.25) is 9.59 Å². The fourth-order valence-corrected chi connectivity index (χ4v) is 1.57. The Hall–Kier alpha value is -1.84. The standard InChI is InChI=1S/C13H17NO3/c1-8-4-11(6-15)5-9(2)12(8)17-7-10(3)13(14)16/h4-6,10H,7H2,1-3H3,(H2,14,16). The zero-order chi connectivity index (χ0) is 13.0. The Morgan fingerprint density at radius 1 is 1.41 bits per heavy atom. The van der Waals surface area contributed by atoms with Crippen molar-refractivity contribution < 1.29 is 14.3 Å². The van der Waals surface area contributed by atoms with E-state index in [2.05, 4.69) is 0 Å². The summed E-state index contributed by atoms with van der Waals surface area (Å²) in [6, 6.07) is 3.51. The number of ether oxygens (including phenoxy) is 1. The molecule has 0 heterocycles. The maximum Gasteiger partial charge on any atom is 0.223 e. The second-order valence-corrected chi connectivity index (χ2v) is 4.22. The Morgan fingerprint density at radius 2 is 1.94 bits per heavy atom. The Morgan fingerprint density at radius 3 is 2.35 bits per heavy atom. The van der Waals surface area contributed by atoms with Crippen LogP contribution < -0.4 is 10.5 Å². The van der Waals surface area contributed by atoms with E-state index in [1.807, 2.05) is 13.8 Å². The number of primary amides is 1. The van der Waals surface area contributed by atoms with Crippen LogP contribution in [0.4, 0.5) is 0 Å². The molecule has 0 radical (unpaired) electrons. The van der Waals surface area contributed by atoms with Crippen LogP contribution in [0.5, 0.6) is 5.75 Å². The molecule has 0 aliphatic heterocycles. The summed E-state index contributed by atoms with van der Waals surface area (Å²) < 4.78 is 5.57. The topological polar surface area (TPSA) is 69.4 Å². The second-order valence-electron chi connectivity index (χ2n) is 4.22. The van der Waals surface area contributed by atoms with Crippen molar-refractivity contribution in [3.05, 3.63) is 28.8 Å². The lowest BCUT2D eigenvalue weighted by molar-refractivity contribution is -0.122. The molecule has 0 bridgehead atoms. The van der Waals surface area contributed by atoms with Gasteiger partial charge in [-0.05, 0) is 37.1 Å². The number of benzene rings is 1. The van der Waals surface area contributed by atoms with E-state index in [9.17, 15) is 9.59 Å². The number of carbonyl (C=O) groups is 2. The summed E-state index contributed by atoms with van der Waals surface area (Å²) in [6.45, 7) is 5.69. The summed E-state index contributed by atoms with van der Waals surface area (Å²) in [7, 11) is 0. The lowest BCUT2D eigenvalue weighted by Crippen LogP contribution is -2.26. The van der Waals surface area contributed by atoms with Gasteiger partial charge in [0.25, 0.3) is 0 Å². The molecule has 0 aliphatic rings. The van der Waals surface area contributed by atoms with Crippen molar-refractivity contribution in [2.75, 3.05) is 6.61 Å². The van der Waals surface area contributed by atoms with Gasteiger partial charge in [-0.2, -0.15) is 0 Å². The number of amides is 1. The van der Waals surface area contributed by atoms with E-state index < -0.39 is 0 Å². The zero-order valence-electron chi connectivity index (χ0n) is 10.3. The quantitative estimate of drug-likeness (QED) is 0.788. The molecule has 1 unspecified atom stereocenters. The summed E-state index contributed by atoms with van der Waals surface area (Å²) in [5.41, 5.74) is 7.53. The van der Waals surface area contributed by atoms with Crippen LogP contribution in [0.15, 0.2) is 12.1 Å². The molecule has 1 aromatic rings. The highest BCUT2D eigenvalue weighted by molar-refractivity contribution is 5.77. The summed E-state index contributed by atoms with van der Waals surface area (Å²) in [6.07, 6.45) is 0.801. The van der Waals surface area contributed by atoms with Crippen LogP contribution in [0.2, 0.25) is 0 Å². The minimum absolute atomic E-state index is 0.247. The Balaban J connectivity index is 2.85. The Kier molecular flexibility index (Phi) is 4.26. The van der Waals surface area contributed by atoms with Gasteiger partial charge in [-0.15, -0.1) is 0 Å². The number of aldehydes is 1. The Labute approximate surface area is 101 Å². The highest BCUT2D eigenvalue weighted by Gasteiger charge is 2.12.